The van der Waals surface area contributed by atoms with Crippen molar-refractivity contribution < 1.29 is 23.6 Å². The lowest BCUT2D eigenvalue weighted by Gasteiger charge is -2.29. The average molecular weight is 435 g/mol. The van der Waals surface area contributed by atoms with E-state index in [1.165, 1.54) is 0 Å². The van der Waals surface area contributed by atoms with Gasteiger partial charge in [-0.3, -0.25) is 9.59 Å². The number of amides is 2. The summed E-state index contributed by atoms with van der Waals surface area (Å²) in [4.78, 5) is 26.7. The molecular weight excluding hydrogens is 410 g/mol. The number of hydrogen-bond donors (Lipinski definition) is 1. The van der Waals surface area contributed by atoms with Crippen LogP contribution in [-0.2, 0) is 16.1 Å². The van der Waals surface area contributed by atoms with Crippen LogP contribution >= 0.6 is 0 Å². The number of hydrogen-bond acceptors (Lipinski definition) is 6. The van der Waals surface area contributed by atoms with Crippen molar-refractivity contribution in [1.82, 2.24) is 5.16 Å². The Balaban J connectivity index is 1.49. The Bertz CT molecular complexity index is 1160. The highest BCUT2D eigenvalue weighted by molar-refractivity contribution is 5.99. The van der Waals surface area contributed by atoms with Gasteiger partial charge in [0.15, 0.2) is 13.2 Å². The summed E-state index contributed by atoms with van der Waals surface area (Å²) in [6, 6.07) is 10.9. The van der Waals surface area contributed by atoms with Gasteiger partial charge in [0.25, 0.3) is 11.8 Å². The van der Waals surface area contributed by atoms with Crippen molar-refractivity contribution in [2.75, 3.05) is 23.4 Å². The maximum absolute atomic E-state index is 12.6. The summed E-state index contributed by atoms with van der Waals surface area (Å²) in [5.74, 6) is 1.43. The molecule has 0 unspecified atom stereocenters. The Kier molecular flexibility index (Phi) is 5.85. The van der Waals surface area contributed by atoms with E-state index in [1.807, 2.05) is 45.9 Å². The summed E-state index contributed by atoms with van der Waals surface area (Å²) >= 11 is 0. The van der Waals surface area contributed by atoms with Gasteiger partial charge < -0.3 is 24.2 Å². The molecule has 0 saturated carbocycles. The van der Waals surface area contributed by atoms with Gasteiger partial charge in [0, 0.05) is 11.3 Å². The van der Waals surface area contributed by atoms with Gasteiger partial charge in [-0.1, -0.05) is 17.3 Å². The van der Waals surface area contributed by atoms with Crippen LogP contribution in [0.5, 0.6) is 11.5 Å². The Morgan fingerprint density at radius 2 is 2.00 bits per heavy atom. The molecule has 2 amide bonds. The number of rotatable bonds is 6. The maximum atomic E-state index is 12.6. The third-order valence-corrected chi connectivity index (χ3v) is 5.60. The monoisotopic (exact) mass is 435 g/mol. The largest absolute Gasteiger partial charge is 0.483 e. The molecule has 0 saturated heterocycles. The highest BCUT2D eigenvalue weighted by Crippen LogP contribution is 2.36. The minimum Gasteiger partial charge on any atom is -0.483 e. The van der Waals surface area contributed by atoms with Gasteiger partial charge in [-0.15, -0.1) is 0 Å². The van der Waals surface area contributed by atoms with Gasteiger partial charge in [-0.05, 0) is 63.1 Å². The second kappa shape index (κ2) is 8.74. The molecule has 0 spiro atoms. The van der Waals surface area contributed by atoms with E-state index in [2.05, 4.69) is 10.5 Å². The fourth-order valence-electron chi connectivity index (χ4n) is 3.56. The minimum absolute atomic E-state index is 0.0498. The van der Waals surface area contributed by atoms with Gasteiger partial charge in [0.05, 0.1) is 17.9 Å². The molecule has 1 aliphatic rings. The van der Waals surface area contributed by atoms with Crippen LogP contribution in [0.4, 0.5) is 11.4 Å². The van der Waals surface area contributed by atoms with Gasteiger partial charge in [-0.25, -0.2) is 0 Å². The van der Waals surface area contributed by atoms with E-state index in [1.54, 1.807) is 23.1 Å². The predicted molar refractivity (Wildman–Crippen MR) is 119 cm³/mol. The molecule has 2 heterocycles. The third-order valence-electron chi connectivity index (χ3n) is 5.60. The van der Waals surface area contributed by atoms with Crippen molar-refractivity contribution in [3.05, 3.63) is 64.5 Å². The lowest BCUT2D eigenvalue weighted by molar-refractivity contribution is -0.121. The summed E-state index contributed by atoms with van der Waals surface area (Å²) in [6.45, 7) is 7.73. The molecule has 1 aliphatic heterocycles. The quantitative estimate of drug-likeness (QED) is 0.632. The van der Waals surface area contributed by atoms with Crippen LogP contribution < -0.4 is 19.7 Å². The molecule has 0 bridgehead atoms. The zero-order chi connectivity index (χ0) is 22.8. The minimum atomic E-state index is -0.300. The van der Waals surface area contributed by atoms with Crippen LogP contribution in [-0.4, -0.2) is 30.2 Å². The smallest absolute Gasteiger partial charge is 0.265 e. The summed E-state index contributed by atoms with van der Waals surface area (Å²) in [5, 5.41) is 6.79. The summed E-state index contributed by atoms with van der Waals surface area (Å²) in [6.07, 6.45) is 0. The first-order chi connectivity index (χ1) is 15.3. The molecule has 32 heavy (non-hydrogen) atoms. The number of ether oxygens (including phenoxy) is 2. The van der Waals surface area contributed by atoms with Crippen LogP contribution in [0.2, 0.25) is 0 Å². The number of anilines is 2. The number of aromatic nitrogens is 1. The topological polar surface area (TPSA) is 93.9 Å². The number of carbonyl (C=O) groups excluding carboxylic acids is 2. The highest BCUT2D eigenvalue weighted by Gasteiger charge is 2.28. The van der Waals surface area contributed by atoms with Crippen molar-refractivity contribution >= 4 is 23.2 Å². The molecule has 3 aromatic rings. The second-order valence-electron chi connectivity index (χ2n) is 7.79. The van der Waals surface area contributed by atoms with E-state index in [9.17, 15) is 9.59 Å². The molecule has 1 aromatic heterocycles. The fourth-order valence-corrected chi connectivity index (χ4v) is 3.56. The first-order valence-corrected chi connectivity index (χ1v) is 10.3. The first-order valence-electron chi connectivity index (χ1n) is 10.3. The lowest BCUT2D eigenvalue weighted by Crippen LogP contribution is -2.38. The molecule has 4 rings (SSSR count). The van der Waals surface area contributed by atoms with Gasteiger partial charge in [-0.2, -0.15) is 0 Å². The van der Waals surface area contributed by atoms with Crippen LogP contribution in [0.25, 0.3) is 0 Å². The zero-order valence-corrected chi connectivity index (χ0v) is 18.5. The lowest BCUT2D eigenvalue weighted by atomic mass is 10.1. The van der Waals surface area contributed by atoms with E-state index in [0.29, 0.717) is 35.2 Å². The van der Waals surface area contributed by atoms with Crippen LogP contribution in [0, 0.1) is 27.7 Å². The third kappa shape index (κ3) is 4.30. The molecule has 1 N–H and O–H groups in total. The number of nitrogens with zero attached hydrogens (tertiary/aromatic N) is 2. The molecule has 8 heteroatoms. The van der Waals surface area contributed by atoms with Crippen LogP contribution in [0.3, 0.4) is 0 Å². The SMILES string of the molecule is Cc1cccc(OCC(=O)Nc2ccc3c(c2)N(Cc2c(C)noc2C)C(=O)CO3)c1C. The normalized spacial score (nSPS) is 12.9. The van der Waals surface area contributed by atoms with Crippen LogP contribution in [0.15, 0.2) is 40.9 Å². The first kappa shape index (κ1) is 21.4. The average Bonchev–Trinajstić information content (AvgIpc) is 3.08. The van der Waals surface area contributed by atoms with Crippen molar-refractivity contribution in [3.8, 4) is 11.5 Å². The maximum Gasteiger partial charge on any atom is 0.265 e. The standard InChI is InChI=1S/C24H25N3O5/c1-14-6-5-7-21(15(14)2)30-12-23(28)25-18-8-9-22-20(10-18)27(24(29)13-31-22)11-19-16(3)26-32-17(19)4/h5-10H,11-13H2,1-4H3,(H,25,28). The van der Waals surface area contributed by atoms with E-state index in [4.69, 9.17) is 14.0 Å². The van der Waals surface area contributed by atoms with Crippen molar-refractivity contribution in [3.63, 3.8) is 0 Å². The Morgan fingerprint density at radius 1 is 1.19 bits per heavy atom. The van der Waals surface area contributed by atoms with Gasteiger partial charge in [0.2, 0.25) is 0 Å². The molecule has 8 nitrogen and oxygen atoms in total. The molecule has 166 valence electrons. The van der Waals surface area contributed by atoms with Crippen molar-refractivity contribution in [2.45, 2.75) is 34.2 Å². The van der Waals surface area contributed by atoms with E-state index in [-0.39, 0.29) is 25.0 Å². The number of nitrogens with one attached hydrogen (secondary N) is 1. The number of aryl methyl sites for hydroxylation is 3. The van der Waals surface area contributed by atoms with E-state index >= 15 is 0 Å². The van der Waals surface area contributed by atoms with E-state index in [0.717, 1.165) is 22.4 Å². The molecule has 2 aromatic carbocycles. The second-order valence-corrected chi connectivity index (χ2v) is 7.79. The van der Waals surface area contributed by atoms with Crippen molar-refractivity contribution in [1.29, 1.82) is 0 Å². The Morgan fingerprint density at radius 3 is 2.75 bits per heavy atom. The summed E-state index contributed by atoms with van der Waals surface area (Å²) < 4.78 is 16.5. The highest BCUT2D eigenvalue weighted by atomic mass is 16.5. The Labute approximate surface area is 186 Å². The van der Waals surface area contributed by atoms with Gasteiger partial charge in [0.1, 0.15) is 17.3 Å². The molecular formula is C24H25N3O5. The molecule has 0 fully saturated rings. The summed E-state index contributed by atoms with van der Waals surface area (Å²) in [7, 11) is 0. The number of benzene rings is 2. The molecule has 0 atom stereocenters. The molecule has 0 radical (unpaired) electrons. The Hall–Kier alpha value is -3.81. The number of carbonyl (C=O) groups is 2. The van der Waals surface area contributed by atoms with E-state index < -0.39 is 0 Å². The summed E-state index contributed by atoms with van der Waals surface area (Å²) in [5.41, 5.74) is 4.80. The molecule has 0 aliphatic carbocycles. The zero-order valence-electron chi connectivity index (χ0n) is 18.5. The number of fused-ring (bicyclic) bond motifs is 1. The van der Waals surface area contributed by atoms with Crippen molar-refractivity contribution in [2.24, 2.45) is 0 Å². The fraction of sp³-hybridized carbons (Fsp3) is 0.292. The predicted octanol–water partition coefficient (Wildman–Crippen LogP) is 3.85. The van der Waals surface area contributed by atoms with Crippen LogP contribution in [0.1, 0.15) is 28.1 Å². The van der Waals surface area contributed by atoms with Gasteiger partial charge >= 0.3 is 0 Å².